The summed E-state index contributed by atoms with van der Waals surface area (Å²) in [4.78, 5) is 31.2. The zero-order chi connectivity index (χ0) is 34.9. The number of carbonyl (C=O) groups is 2. The van der Waals surface area contributed by atoms with Gasteiger partial charge in [0.15, 0.2) is 0 Å². The number of benzene rings is 4. The molecule has 0 unspecified atom stereocenters. The van der Waals surface area contributed by atoms with Crippen LogP contribution in [0.2, 0.25) is 0 Å². The third-order valence-electron chi connectivity index (χ3n) is 7.37. The highest BCUT2D eigenvalue weighted by Gasteiger charge is 2.35. The summed E-state index contributed by atoms with van der Waals surface area (Å²) >= 11 is 5.02. The van der Waals surface area contributed by atoms with Crippen LogP contribution >= 0.6 is 27.7 Å². The summed E-state index contributed by atoms with van der Waals surface area (Å²) in [5.74, 6) is -0.289. The number of hydrogen-bond donors (Lipinski definition) is 1. The minimum absolute atomic E-state index is 0.0480. The first-order valence-corrected chi connectivity index (χ1v) is 19.1. The van der Waals surface area contributed by atoms with Crippen LogP contribution in [0.25, 0.3) is 0 Å². The fourth-order valence-electron chi connectivity index (χ4n) is 5.12. The van der Waals surface area contributed by atoms with E-state index in [2.05, 4.69) is 21.2 Å². The number of rotatable bonds is 14. The summed E-state index contributed by atoms with van der Waals surface area (Å²) < 4.78 is 36.2. The van der Waals surface area contributed by atoms with Gasteiger partial charge in [0.05, 0.1) is 17.2 Å². The standard InChI is InChI=1S/C37H42BrN3O5S2/c1-6-46-31-17-15-30(16-18-31)41(48(44,45)33-21-19-32(47-5)20-22-33)26-35(42)40(25-28-13-10-14-29(38)23-28)34(36(43)39-37(2,3)4)24-27-11-8-7-9-12-27/h7-23,34H,6,24-26H2,1-5H3,(H,39,43)/t34-/m1/s1. The van der Waals surface area contributed by atoms with E-state index in [0.29, 0.717) is 18.0 Å². The van der Waals surface area contributed by atoms with Crippen molar-refractivity contribution in [3.05, 3.63) is 119 Å². The number of anilines is 1. The Bertz CT molecular complexity index is 1780. The summed E-state index contributed by atoms with van der Waals surface area (Å²) in [6.45, 7) is 7.50. The van der Waals surface area contributed by atoms with E-state index in [1.54, 1.807) is 48.5 Å². The highest BCUT2D eigenvalue weighted by atomic mass is 79.9. The molecule has 2 amide bonds. The zero-order valence-corrected chi connectivity index (χ0v) is 31.1. The molecule has 0 spiro atoms. The molecule has 4 rings (SSSR count). The Kier molecular flexibility index (Phi) is 12.8. The lowest BCUT2D eigenvalue weighted by atomic mass is 10.0. The van der Waals surface area contributed by atoms with E-state index in [0.717, 1.165) is 24.8 Å². The van der Waals surface area contributed by atoms with Crippen molar-refractivity contribution < 1.29 is 22.7 Å². The molecule has 8 nitrogen and oxygen atoms in total. The van der Waals surface area contributed by atoms with E-state index in [1.807, 2.05) is 88.5 Å². The molecule has 0 aliphatic heterocycles. The van der Waals surface area contributed by atoms with E-state index in [1.165, 1.54) is 16.7 Å². The fourth-order valence-corrected chi connectivity index (χ4v) is 7.39. The molecule has 4 aromatic rings. The van der Waals surface area contributed by atoms with Gasteiger partial charge >= 0.3 is 0 Å². The molecule has 1 atom stereocenters. The number of hydrogen-bond acceptors (Lipinski definition) is 6. The minimum atomic E-state index is -4.22. The first-order chi connectivity index (χ1) is 22.8. The lowest BCUT2D eigenvalue weighted by Crippen LogP contribution is -2.56. The van der Waals surface area contributed by atoms with Crippen molar-refractivity contribution in [1.82, 2.24) is 10.2 Å². The van der Waals surface area contributed by atoms with E-state index >= 15 is 0 Å². The van der Waals surface area contributed by atoms with E-state index < -0.39 is 34.1 Å². The number of carbonyl (C=O) groups excluding carboxylic acids is 2. The molecule has 0 aliphatic carbocycles. The summed E-state index contributed by atoms with van der Waals surface area (Å²) in [6.07, 6.45) is 2.14. The van der Waals surface area contributed by atoms with Crippen LogP contribution in [-0.4, -0.2) is 56.1 Å². The zero-order valence-electron chi connectivity index (χ0n) is 27.9. The molecule has 254 valence electrons. The predicted octanol–water partition coefficient (Wildman–Crippen LogP) is 7.32. The number of thioether (sulfide) groups is 1. The third-order valence-corrected chi connectivity index (χ3v) is 10.4. The number of ether oxygens (including phenoxy) is 1. The van der Waals surface area contributed by atoms with Crippen molar-refractivity contribution in [3.63, 3.8) is 0 Å². The summed E-state index contributed by atoms with van der Waals surface area (Å²) in [7, 11) is -4.22. The van der Waals surface area contributed by atoms with Gasteiger partial charge in [-0.2, -0.15) is 0 Å². The van der Waals surface area contributed by atoms with Crippen LogP contribution in [0.3, 0.4) is 0 Å². The van der Waals surface area contributed by atoms with Crippen molar-refractivity contribution in [2.24, 2.45) is 0 Å². The molecule has 4 aromatic carbocycles. The second kappa shape index (κ2) is 16.5. The number of nitrogens with one attached hydrogen (secondary N) is 1. The maximum absolute atomic E-state index is 14.7. The molecule has 0 radical (unpaired) electrons. The van der Waals surface area contributed by atoms with Crippen LogP contribution in [0.5, 0.6) is 5.75 Å². The summed E-state index contributed by atoms with van der Waals surface area (Å²) in [5, 5.41) is 3.05. The van der Waals surface area contributed by atoms with E-state index in [4.69, 9.17) is 4.74 Å². The number of sulfonamides is 1. The first-order valence-electron chi connectivity index (χ1n) is 15.6. The SMILES string of the molecule is CCOc1ccc(N(CC(=O)N(Cc2cccc(Br)c2)[C@H](Cc2ccccc2)C(=O)NC(C)(C)C)S(=O)(=O)c2ccc(SC)cc2)cc1. The first kappa shape index (κ1) is 37.0. The fraction of sp³-hybridized carbons (Fsp3) is 0.297. The topological polar surface area (TPSA) is 96.0 Å². The summed E-state index contributed by atoms with van der Waals surface area (Å²) in [5.41, 5.74) is 1.37. The van der Waals surface area contributed by atoms with Gasteiger partial charge in [-0.1, -0.05) is 58.4 Å². The smallest absolute Gasteiger partial charge is 0.264 e. The maximum atomic E-state index is 14.7. The molecule has 1 N–H and O–H groups in total. The van der Waals surface area contributed by atoms with Crippen LogP contribution in [-0.2, 0) is 32.6 Å². The Balaban J connectivity index is 1.82. The molecular weight excluding hydrogens is 710 g/mol. The van der Waals surface area contributed by atoms with Crippen LogP contribution in [0.15, 0.2) is 117 Å². The van der Waals surface area contributed by atoms with Crippen molar-refractivity contribution in [2.45, 2.75) is 62.0 Å². The second-order valence-corrected chi connectivity index (χ2v) is 15.9. The number of amides is 2. The molecule has 0 bridgehead atoms. The maximum Gasteiger partial charge on any atom is 0.264 e. The van der Waals surface area contributed by atoms with Gasteiger partial charge in [-0.05, 0) is 106 Å². The average Bonchev–Trinajstić information content (AvgIpc) is 3.05. The van der Waals surface area contributed by atoms with Crippen LogP contribution in [0.1, 0.15) is 38.8 Å². The van der Waals surface area contributed by atoms with E-state index in [9.17, 15) is 18.0 Å². The van der Waals surface area contributed by atoms with Gasteiger partial charge in [0.1, 0.15) is 18.3 Å². The highest BCUT2D eigenvalue weighted by molar-refractivity contribution is 9.10. The summed E-state index contributed by atoms with van der Waals surface area (Å²) in [6, 6.07) is 29.2. The number of halogens is 1. The van der Waals surface area contributed by atoms with Crippen molar-refractivity contribution in [2.75, 3.05) is 23.7 Å². The van der Waals surface area contributed by atoms with Gasteiger partial charge in [-0.3, -0.25) is 13.9 Å². The predicted molar refractivity (Wildman–Crippen MR) is 197 cm³/mol. The van der Waals surface area contributed by atoms with Gasteiger partial charge in [-0.25, -0.2) is 8.42 Å². The Morgan fingerprint density at radius 2 is 1.54 bits per heavy atom. The van der Waals surface area contributed by atoms with Crippen molar-refractivity contribution in [1.29, 1.82) is 0 Å². The number of nitrogens with zero attached hydrogens (tertiary/aromatic N) is 2. The normalized spacial score (nSPS) is 12.2. The molecule has 0 aromatic heterocycles. The quantitative estimate of drug-likeness (QED) is 0.136. The van der Waals surface area contributed by atoms with Crippen LogP contribution in [0, 0.1) is 0 Å². The van der Waals surface area contributed by atoms with Crippen LogP contribution < -0.4 is 14.4 Å². The van der Waals surface area contributed by atoms with Gasteiger partial charge in [-0.15, -0.1) is 11.8 Å². The monoisotopic (exact) mass is 751 g/mol. The second-order valence-electron chi connectivity index (χ2n) is 12.2. The van der Waals surface area contributed by atoms with Crippen molar-refractivity contribution >= 4 is 55.2 Å². The largest absolute Gasteiger partial charge is 0.494 e. The Hall–Kier alpha value is -3.80. The Morgan fingerprint density at radius 1 is 0.896 bits per heavy atom. The van der Waals surface area contributed by atoms with Crippen LogP contribution in [0.4, 0.5) is 5.69 Å². The Morgan fingerprint density at radius 3 is 2.12 bits per heavy atom. The molecule has 0 saturated carbocycles. The van der Waals surface area contributed by atoms with Crippen molar-refractivity contribution in [3.8, 4) is 5.75 Å². The molecular formula is C37H42BrN3O5S2. The van der Waals surface area contributed by atoms with Gasteiger partial charge in [0.2, 0.25) is 11.8 Å². The molecule has 0 aliphatic rings. The molecule has 0 heterocycles. The van der Waals surface area contributed by atoms with Gasteiger partial charge < -0.3 is 15.0 Å². The Labute approximate surface area is 297 Å². The van der Waals surface area contributed by atoms with Gasteiger partial charge in [0, 0.05) is 27.9 Å². The third kappa shape index (κ3) is 10.1. The molecule has 0 saturated heterocycles. The lowest BCUT2D eigenvalue weighted by Gasteiger charge is -2.35. The highest BCUT2D eigenvalue weighted by Crippen LogP contribution is 2.28. The molecule has 48 heavy (non-hydrogen) atoms. The van der Waals surface area contributed by atoms with E-state index in [-0.39, 0.29) is 23.8 Å². The van der Waals surface area contributed by atoms with Gasteiger partial charge in [0.25, 0.3) is 10.0 Å². The average molecular weight is 753 g/mol. The molecule has 11 heteroatoms. The molecule has 0 fully saturated rings. The lowest BCUT2D eigenvalue weighted by molar-refractivity contribution is -0.140. The minimum Gasteiger partial charge on any atom is -0.494 e.